The molecule has 0 radical (unpaired) electrons. The topological polar surface area (TPSA) is 141 Å². The Morgan fingerprint density at radius 2 is 1.76 bits per heavy atom. The number of nitrogens with zero attached hydrogens (tertiary/aromatic N) is 3. The summed E-state index contributed by atoms with van der Waals surface area (Å²) >= 11 is 0. The van der Waals surface area contributed by atoms with Gasteiger partial charge in [0.05, 0.1) is 23.6 Å². The largest absolute Gasteiger partial charge is 0.505 e. The molecule has 0 bridgehead atoms. The molecule has 0 aliphatic heterocycles. The quantitative estimate of drug-likeness (QED) is 0.134. The highest BCUT2D eigenvalue weighted by atomic mass is 16.5. The number of hydrogen-bond donors (Lipinski definition) is 4. The molecule has 10 heteroatoms. The number of rotatable bonds is 10. The number of aryl methyl sites for hydroxylation is 3. The number of likely N-dealkylation sites (N-methyl/N-ethyl adjacent to an activating group) is 1. The van der Waals surface area contributed by atoms with Crippen molar-refractivity contribution < 1.29 is 19.7 Å². The molecule has 0 saturated heterocycles. The van der Waals surface area contributed by atoms with E-state index in [2.05, 4.69) is 27.6 Å². The number of phenolic OH excluding ortho intramolecular Hbond substituents is 1. The lowest BCUT2D eigenvalue weighted by atomic mass is 10.0. The number of benzene rings is 3. The van der Waals surface area contributed by atoms with Gasteiger partial charge in [0.1, 0.15) is 5.69 Å². The van der Waals surface area contributed by atoms with Crippen LogP contribution in [0.25, 0.3) is 16.8 Å². The van der Waals surface area contributed by atoms with Gasteiger partial charge in [-0.25, -0.2) is 9.48 Å². The molecule has 4 aromatic rings. The number of aromatic carboxylic acids is 1. The lowest BCUT2D eigenvalue weighted by molar-refractivity contribution is 0.0697. The number of aromatic hydroxyl groups is 1. The highest BCUT2D eigenvalue weighted by molar-refractivity contribution is 5.90. The van der Waals surface area contributed by atoms with Gasteiger partial charge in [-0.05, 0) is 81.3 Å². The van der Waals surface area contributed by atoms with E-state index in [0.717, 1.165) is 37.4 Å². The number of aromatic amines is 1. The molecular formula is C31H37N5O5. The van der Waals surface area contributed by atoms with Crippen molar-refractivity contribution in [2.45, 2.75) is 34.6 Å². The van der Waals surface area contributed by atoms with Gasteiger partial charge in [-0.2, -0.15) is 0 Å². The molecule has 4 rings (SSSR count). The Bertz CT molecular complexity index is 1570. The van der Waals surface area contributed by atoms with Crippen molar-refractivity contribution in [2.75, 3.05) is 26.3 Å². The minimum Gasteiger partial charge on any atom is -0.505 e. The van der Waals surface area contributed by atoms with E-state index >= 15 is 0 Å². The molecule has 0 spiro atoms. The zero-order chi connectivity index (χ0) is 29.9. The molecule has 1 aromatic heterocycles. The van der Waals surface area contributed by atoms with Gasteiger partial charge < -0.3 is 20.3 Å². The maximum absolute atomic E-state index is 12.9. The fourth-order valence-corrected chi connectivity index (χ4v) is 3.94. The van der Waals surface area contributed by atoms with Crippen LogP contribution in [0.15, 0.2) is 75.7 Å². The highest BCUT2D eigenvalue weighted by Crippen LogP contribution is 2.38. The molecule has 216 valence electrons. The van der Waals surface area contributed by atoms with E-state index in [-0.39, 0.29) is 28.2 Å². The number of nitrogens with one attached hydrogen (secondary N) is 2. The fourth-order valence-electron chi connectivity index (χ4n) is 3.94. The Labute approximate surface area is 239 Å². The second-order valence-corrected chi connectivity index (χ2v) is 9.30. The van der Waals surface area contributed by atoms with Gasteiger partial charge in [0.25, 0.3) is 5.56 Å². The number of carboxylic acids is 1. The van der Waals surface area contributed by atoms with Crippen molar-refractivity contribution in [2.24, 2.45) is 10.2 Å². The molecule has 1 heterocycles. The molecule has 0 atom stereocenters. The van der Waals surface area contributed by atoms with Crippen LogP contribution >= 0.6 is 0 Å². The number of ether oxygens (including phenoxy) is 1. The molecule has 0 saturated carbocycles. The molecule has 3 aromatic carbocycles. The molecule has 0 unspecified atom stereocenters. The number of aromatic nitrogens is 2. The van der Waals surface area contributed by atoms with E-state index in [1.54, 1.807) is 37.3 Å². The molecule has 41 heavy (non-hydrogen) atoms. The summed E-state index contributed by atoms with van der Waals surface area (Å²) < 4.78 is 6.48. The number of phenols is 1. The smallest absolute Gasteiger partial charge is 0.335 e. The van der Waals surface area contributed by atoms with E-state index in [1.165, 1.54) is 16.8 Å². The Kier molecular flexibility index (Phi) is 11.1. The SMILES string of the molecule is CCNCCOCC.Cc1ccc(-n2[nH]c(C)c(N=Nc3cccc(-c4cccc(C(=O)O)c4)c3O)c2=O)cc1C. The zero-order valence-electron chi connectivity index (χ0n) is 24.1. The minimum absolute atomic E-state index is 0.105. The lowest BCUT2D eigenvalue weighted by Crippen LogP contribution is -2.18. The maximum atomic E-state index is 12.9. The average molecular weight is 560 g/mol. The van der Waals surface area contributed by atoms with Crippen LogP contribution in [-0.4, -0.2) is 52.3 Å². The van der Waals surface area contributed by atoms with Gasteiger partial charge in [0.15, 0.2) is 11.4 Å². The van der Waals surface area contributed by atoms with E-state index in [0.29, 0.717) is 22.5 Å². The summed E-state index contributed by atoms with van der Waals surface area (Å²) in [7, 11) is 0. The first-order valence-electron chi connectivity index (χ1n) is 13.4. The Balaban J connectivity index is 0.000000507. The number of carboxylic acid groups (broad SMARTS) is 1. The average Bonchev–Trinajstić information content (AvgIpc) is 3.25. The summed E-state index contributed by atoms with van der Waals surface area (Å²) in [5.41, 5.74) is 4.38. The van der Waals surface area contributed by atoms with E-state index < -0.39 is 5.97 Å². The van der Waals surface area contributed by atoms with Gasteiger partial charge in [-0.1, -0.05) is 37.3 Å². The predicted octanol–water partition coefficient (Wildman–Crippen LogP) is 6.21. The summed E-state index contributed by atoms with van der Waals surface area (Å²) in [6, 6.07) is 16.8. The van der Waals surface area contributed by atoms with Crippen molar-refractivity contribution in [3.63, 3.8) is 0 Å². The summed E-state index contributed by atoms with van der Waals surface area (Å²) in [4.78, 5) is 24.2. The normalized spacial score (nSPS) is 11.0. The van der Waals surface area contributed by atoms with Crippen molar-refractivity contribution in [1.82, 2.24) is 15.1 Å². The van der Waals surface area contributed by atoms with Crippen LogP contribution in [0.4, 0.5) is 11.4 Å². The van der Waals surface area contributed by atoms with E-state index in [4.69, 9.17) is 4.74 Å². The predicted molar refractivity (Wildman–Crippen MR) is 160 cm³/mol. The number of hydrogen-bond acceptors (Lipinski definition) is 7. The van der Waals surface area contributed by atoms with Gasteiger partial charge in [-0.15, -0.1) is 10.2 Å². The van der Waals surface area contributed by atoms with E-state index in [9.17, 15) is 19.8 Å². The number of H-pyrrole nitrogens is 1. The summed E-state index contributed by atoms with van der Waals surface area (Å²) in [6.45, 7) is 13.5. The van der Waals surface area contributed by atoms with E-state index in [1.807, 2.05) is 39.0 Å². The third kappa shape index (κ3) is 8.00. The third-order valence-electron chi connectivity index (χ3n) is 6.36. The number of para-hydroxylation sites is 1. The second-order valence-electron chi connectivity index (χ2n) is 9.30. The van der Waals surface area contributed by atoms with Crippen LogP contribution in [0.2, 0.25) is 0 Å². The monoisotopic (exact) mass is 559 g/mol. The summed E-state index contributed by atoms with van der Waals surface area (Å²) in [6.07, 6.45) is 0. The Hall–Kier alpha value is -4.54. The van der Waals surface area contributed by atoms with Crippen LogP contribution < -0.4 is 10.9 Å². The first kappa shape index (κ1) is 31.0. The maximum Gasteiger partial charge on any atom is 0.335 e. The van der Waals surface area contributed by atoms with Gasteiger partial charge in [0.2, 0.25) is 0 Å². The lowest BCUT2D eigenvalue weighted by Gasteiger charge is -2.07. The van der Waals surface area contributed by atoms with Crippen molar-refractivity contribution in [1.29, 1.82) is 0 Å². The molecule has 0 fully saturated rings. The fraction of sp³-hybridized carbons (Fsp3) is 0.290. The zero-order valence-corrected chi connectivity index (χ0v) is 24.1. The van der Waals surface area contributed by atoms with Gasteiger partial charge >= 0.3 is 5.97 Å². The van der Waals surface area contributed by atoms with Crippen molar-refractivity contribution in [3.8, 4) is 22.6 Å². The second kappa shape index (κ2) is 14.7. The summed E-state index contributed by atoms with van der Waals surface area (Å²) in [5.74, 6) is -1.22. The van der Waals surface area contributed by atoms with Crippen LogP contribution in [0, 0.1) is 20.8 Å². The number of carbonyl (C=O) groups is 1. The molecule has 0 aliphatic rings. The molecule has 0 amide bonds. The Morgan fingerprint density at radius 1 is 1.00 bits per heavy atom. The van der Waals surface area contributed by atoms with Gasteiger partial charge in [0, 0.05) is 18.7 Å². The molecular weight excluding hydrogens is 522 g/mol. The van der Waals surface area contributed by atoms with Crippen molar-refractivity contribution >= 4 is 17.3 Å². The molecule has 4 N–H and O–H groups in total. The third-order valence-corrected chi connectivity index (χ3v) is 6.36. The number of azo groups is 1. The highest BCUT2D eigenvalue weighted by Gasteiger charge is 2.14. The summed E-state index contributed by atoms with van der Waals surface area (Å²) in [5, 5.41) is 34.3. The minimum atomic E-state index is -1.06. The van der Waals surface area contributed by atoms with Crippen LogP contribution in [0.5, 0.6) is 5.75 Å². The first-order chi connectivity index (χ1) is 19.7. The van der Waals surface area contributed by atoms with Crippen LogP contribution in [0.3, 0.4) is 0 Å². The molecule has 10 nitrogen and oxygen atoms in total. The first-order valence-corrected chi connectivity index (χ1v) is 13.4. The van der Waals surface area contributed by atoms with Gasteiger partial charge in [-0.3, -0.25) is 9.89 Å². The van der Waals surface area contributed by atoms with Crippen molar-refractivity contribution in [3.05, 3.63) is 93.4 Å². The van der Waals surface area contributed by atoms with Crippen LogP contribution in [-0.2, 0) is 4.74 Å². The standard InChI is InChI=1S/C25H22N4O4.C6H15NO/c1-14-10-11-19(12-15(14)2)29-24(31)22(16(3)28-29)27-26-21-9-5-8-20(23(21)30)17-6-4-7-18(13-17)25(32)33;1-3-7-5-6-8-4-2/h4-13,28,30H,1-3H3,(H,32,33);7H,3-6H2,1-2H3. The van der Waals surface area contributed by atoms with Crippen LogP contribution in [0.1, 0.15) is 41.0 Å². The molecule has 0 aliphatic carbocycles. The Morgan fingerprint density at radius 3 is 2.44 bits per heavy atom.